The van der Waals surface area contributed by atoms with E-state index in [-0.39, 0.29) is 11.9 Å². The number of benzene rings is 1. The smallest absolute Gasteiger partial charge is 0.321 e. The van der Waals surface area contributed by atoms with Crippen molar-refractivity contribution in [2.75, 3.05) is 6.54 Å². The molecule has 0 spiro atoms. The van der Waals surface area contributed by atoms with Gasteiger partial charge in [0.05, 0.1) is 4.47 Å². The average Bonchev–Trinajstić information content (AvgIpc) is 2.57. The van der Waals surface area contributed by atoms with Crippen LogP contribution in [0.1, 0.15) is 19.4 Å². The van der Waals surface area contributed by atoms with Crippen LogP contribution in [0.5, 0.6) is 5.75 Å². The first kappa shape index (κ1) is 18.0. The molecule has 0 fully saturated rings. The van der Waals surface area contributed by atoms with Crippen molar-refractivity contribution in [2.24, 2.45) is 0 Å². The number of aromatic nitrogens is 1. The molecule has 0 atom stereocenters. The van der Waals surface area contributed by atoms with Crippen molar-refractivity contribution in [3.05, 3.63) is 59.2 Å². The fourth-order valence-corrected chi connectivity index (χ4v) is 2.79. The maximum Gasteiger partial charge on any atom is 0.321 e. The zero-order chi connectivity index (χ0) is 17.5. The van der Waals surface area contributed by atoms with Crippen molar-refractivity contribution in [1.82, 2.24) is 15.6 Å². The number of nitrogens with one attached hydrogen (secondary N) is 2. The summed E-state index contributed by atoms with van der Waals surface area (Å²) in [6, 6.07) is 7.58. The number of aryl methyl sites for hydroxylation is 1. The molecule has 0 saturated carbocycles. The number of halogens is 1. The summed E-state index contributed by atoms with van der Waals surface area (Å²) < 4.78 is 6.54. The molecule has 0 aliphatic rings. The number of hydrogen-bond donors (Lipinski definition) is 2. The van der Waals surface area contributed by atoms with Gasteiger partial charge >= 0.3 is 6.03 Å². The highest BCUT2D eigenvalue weighted by Crippen LogP contribution is 2.35. The van der Waals surface area contributed by atoms with Crippen molar-refractivity contribution in [1.29, 1.82) is 0 Å². The first-order chi connectivity index (χ1) is 11.5. The minimum Gasteiger partial charge on any atom is -0.440 e. The van der Waals surface area contributed by atoms with E-state index in [1.165, 1.54) is 0 Å². The third-order valence-corrected chi connectivity index (χ3v) is 3.90. The van der Waals surface area contributed by atoms with Crippen LogP contribution in [-0.4, -0.2) is 17.6 Å². The van der Waals surface area contributed by atoms with Crippen LogP contribution < -0.4 is 15.4 Å². The van der Waals surface area contributed by atoms with Gasteiger partial charge in [-0.3, -0.25) is 10.3 Å². The highest BCUT2D eigenvalue weighted by Gasteiger charge is 2.13. The molecule has 0 radical (unpaired) electrons. The first-order valence-corrected chi connectivity index (χ1v) is 8.48. The zero-order valence-electron chi connectivity index (χ0n) is 13.7. The fraction of sp³-hybridized carbons (Fsp3) is 0.222. The summed E-state index contributed by atoms with van der Waals surface area (Å²) in [6.07, 6.45) is 4.33. The molecular formula is C18H20BrN3O2. The number of amides is 2. The van der Waals surface area contributed by atoms with Crippen molar-refractivity contribution < 1.29 is 9.53 Å². The predicted octanol–water partition coefficient (Wildman–Crippen LogP) is 4.24. The summed E-state index contributed by atoms with van der Waals surface area (Å²) in [5.41, 5.74) is 3.07. The second kappa shape index (κ2) is 8.49. The van der Waals surface area contributed by atoms with Gasteiger partial charge in [0, 0.05) is 24.5 Å². The van der Waals surface area contributed by atoms with E-state index in [0.717, 1.165) is 27.6 Å². The lowest BCUT2D eigenvalue weighted by atomic mass is 10.0. The predicted molar refractivity (Wildman–Crippen MR) is 98.7 cm³/mol. The molecule has 6 heteroatoms. The Balaban J connectivity index is 2.24. The van der Waals surface area contributed by atoms with Crippen LogP contribution in [0.15, 0.2) is 53.6 Å². The summed E-state index contributed by atoms with van der Waals surface area (Å²) >= 11 is 3.55. The van der Waals surface area contributed by atoms with Gasteiger partial charge in [0.1, 0.15) is 5.75 Å². The van der Waals surface area contributed by atoms with Crippen molar-refractivity contribution in [3.8, 4) is 16.9 Å². The third-order valence-electron chi connectivity index (χ3n) is 3.31. The van der Waals surface area contributed by atoms with Gasteiger partial charge in [0.2, 0.25) is 0 Å². The number of pyridine rings is 1. The minimum atomic E-state index is -0.344. The van der Waals surface area contributed by atoms with Crippen LogP contribution in [0.2, 0.25) is 0 Å². The number of carbonyl (C=O) groups excluding carboxylic acids is 1. The molecule has 5 nitrogen and oxygen atoms in total. The zero-order valence-corrected chi connectivity index (χ0v) is 15.3. The van der Waals surface area contributed by atoms with Crippen LogP contribution >= 0.6 is 15.9 Å². The maximum absolute atomic E-state index is 11.5. The maximum atomic E-state index is 11.5. The fourth-order valence-electron chi connectivity index (χ4n) is 2.21. The van der Waals surface area contributed by atoms with E-state index >= 15 is 0 Å². The van der Waals surface area contributed by atoms with E-state index < -0.39 is 0 Å². The van der Waals surface area contributed by atoms with E-state index in [0.29, 0.717) is 12.3 Å². The van der Waals surface area contributed by atoms with E-state index in [1.807, 2.05) is 38.2 Å². The number of rotatable bonds is 6. The Labute approximate surface area is 150 Å². The molecule has 1 aromatic heterocycles. The first-order valence-electron chi connectivity index (χ1n) is 7.69. The van der Waals surface area contributed by atoms with Gasteiger partial charge in [-0.15, -0.1) is 0 Å². The summed E-state index contributed by atoms with van der Waals surface area (Å²) in [5, 5.41) is 5.18. The molecule has 2 aromatic rings. The SMILES string of the molecule is C=C(NC(=O)NCC)Oc1c(Br)cc(-c2cccnc2)cc1CC. The molecule has 0 unspecified atom stereocenters. The van der Waals surface area contributed by atoms with Gasteiger partial charge in [-0.2, -0.15) is 0 Å². The Morgan fingerprint density at radius 3 is 2.75 bits per heavy atom. The minimum absolute atomic E-state index is 0.172. The van der Waals surface area contributed by atoms with Crippen LogP contribution in [0.25, 0.3) is 11.1 Å². The van der Waals surface area contributed by atoms with Crippen molar-refractivity contribution in [3.63, 3.8) is 0 Å². The molecule has 0 saturated heterocycles. The Morgan fingerprint density at radius 2 is 2.12 bits per heavy atom. The van der Waals surface area contributed by atoms with Crippen molar-refractivity contribution in [2.45, 2.75) is 20.3 Å². The highest BCUT2D eigenvalue weighted by molar-refractivity contribution is 9.10. The van der Waals surface area contributed by atoms with E-state index in [9.17, 15) is 4.79 Å². The monoisotopic (exact) mass is 389 g/mol. The molecule has 1 aromatic carbocycles. The number of ether oxygens (including phenoxy) is 1. The lowest BCUT2D eigenvalue weighted by Gasteiger charge is -2.16. The Bertz CT molecular complexity index is 733. The molecule has 2 rings (SSSR count). The summed E-state index contributed by atoms with van der Waals surface area (Å²) in [4.78, 5) is 15.7. The highest BCUT2D eigenvalue weighted by atomic mass is 79.9. The Morgan fingerprint density at radius 1 is 1.33 bits per heavy atom. The van der Waals surface area contributed by atoms with Gasteiger partial charge in [-0.25, -0.2) is 4.79 Å². The standard InChI is InChI=1S/C18H20BrN3O2/c1-4-13-9-15(14-7-6-8-20-11-14)10-16(19)17(13)24-12(3)22-18(23)21-5-2/h6-11H,3-5H2,1-2H3,(H2,21,22,23). The molecule has 24 heavy (non-hydrogen) atoms. The van der Waals surface area contributed by atoms with Crippen LogP contribution in [0, 0.1) is 0 Å². The van der Waals surface area contributed by atoms with Crippen LogP contribution in [-0.2, 0) is 6.42 Å². The molecule has 0 aliphatic heterocycles. The molecular weight excluding hydrogens is 370 g/mol. The average molecular weight is 390 g/mol. The number of hydrogen-bond acceptors (Lipinski definition) is 3. The van der Waals surface area contributed by atoms with Crippen LogP contribution in [0.3, 0.4) is 0 Å². The molecule has 2 N–H and O–H groups in total. The van der Waals surface area contributed by atoms with Crippen LogP contribution in [0.4, 0.5) is 4.79 Å². The molecule has 126 valence electrons. The molecule has 2 amide bonds. The summed E-state index contributed by atoms with van der Waals surface area (Å²) in [5.74, 6) is 0.817. The number of urea groups is 1. The van der Waals surface area contributed by atoms with Gasteiger partial charge in [-0.1, -0.05) is 13.0 Å². The van der Waals surface area contributed by atoms with Gasteiger partial charge in [0.15, 0.2) is 5.88 Å². The van der Waals surface area contributed by atoms with E-state index in [4.69, 9.17) is 4.74 Å². The largest absolute Gasteiger partial charge is 0.440 e. The van der Waals surface area contributed by atoms with Gasteiger partial charge < -0.3 is 10.1 Å². The van der Waals surface area contributed by atoms with Gasteiger partial charge in [-0.05, 0) is 65.2 Å². The Kier molecular flexibility index (Phi) is 6.37. The quantitative estimate of drug-likeness (QED) is 0.726. The summed E-state index contributed by atoms with van der Waals surface area (Å²) in [6.45, 7) is 8.16. The normalized spacial score (nSPS) is 10.1. The van der Waals surface area contributed by atoms with Gasteiger partial charge in [0.25, 0.3) is 0 Å². The van der Waals surface area contributed by atoms with E-state index in [1.54, 1.807) is 6.20 Å². The Hall–Kier alpha value is -2.34. The molecule has 0 bridgehead atoms. The number of carbonyl (C=O) groups is 1. The molecule has 0 aliphatic carbocycles. The lowest BCUT2D eigenvalue weighted by Crippen LogP contribution is -2.35. The number of nitrogens with zero attached hydrogens (tertiary/aromatic N) is 1. The molecule has 1 heterocycles. The van der Waals surface area contributed by atoms with E-state index in [2.05, 4.69) is 44.2 Å². The topological polar surface area (TPSA) is 63.2 Å². The van der Waals surface area contributed by atoms with Crippen molar-refractivity contribution >= 4 is 22.0 Å². The lowest BCUT2D eigenvalue weighted by molar-refractivity contribution is 0.238. The second-order valence-corrected chi connectivity index (χ2v) is 5.91. The second-order valence-electron chi connectivity index (χ2n) is 5.05. The third kappa shape index (κ3) is 4.58. The summed E-state index contributed by atoms with van der Waals surface area (Å²) in [7, 11) is 0.